The summed E-state index contributed by atoms with van der Waals surface area (Å²) in [5, 5.41) is 0.493. The second-order valence-corrected chi connectivity index (χ2v) is 4.27. The van der Waals surface area contributed by atoms with E-state index < -0.39 is 0 Å². The maximum atomic E-state index is 12.0. The van der Waals surface area contributed by atoms with Crippen molar-refractivity contribution in [3.8, 4) is 5.75 Å². The fourth-order valence-corrected chi connectivity index (χ4v) is 1.51. The average Bonchev–Trinajstić information content (AvgIpc) is 2.27. The molecule has 0 aliphatic heterocycles. The van der Waals surface area contributed by atoms with Crippen molar-refractivity contribution in [2.45, 2.75) is 19.9 Å². The molecule has 2 N–H and O–H groups in total. The minimum atomic E-state index is -0.217. The Labute approximate surface area is 101 Å². The molecule has 0 aromatic heterocycles. The van der Waals surface area contributed by atoms with E-state index in [0.29, 0.717) is 16.3 Å². The lowest BCUT2D eigenvalue weighted by Crippen LogP contribution is -2.30. The molecule has 0 aliphatic carbocycles. The Balaban J connectivity index is 3.01. The van der Waals surface area contributed by atoms with Gasteiger partial charge in [-0.25, -0.2) is 0 Å². The van der Waals surface area contributed by atoms with E-state index in [2.05, 4.69) is 0 Å². The molecular formula is C12H16ClNO2. The van der Waals surface area contributed by atoms with Gasteiger partial charge in [0.1, 0.15) is 5.75 Å². The molecule has 0 saturated carbocycles. The molecule has 16 heavy (non-hydrogen) atoms. The predicted molar refractivity (Wildman–Crippen MR) is 65.1 cm³/mol. The van der Waals surface area contributed by atoms with Gasteiger partial charge in [-0.3, -0.25) is 4.79 Å². The molecule has 0 radical (unpaired) electrons. The van der Waals surface area contributed by atoms with E-state index in [0.717, 1.165) is 0 Å². The SMILES string of the molecule is COc1cc(C(=O)C(C)C(C)N)ccc1Cl. The summed E-state index contributed by atoms with van der Waals surface area (Å²) >= 11 is 5.88. The Hall–Kier alpha value is -1.06. The van der Waals surface area contributed by atoms with Gasteiger partial charge in [-0.2, -0.15) is 0 Å². The third-order valence-corrected chi connectivity index (χ3v) is 2.95. The van der Waals surface area contributed by atoms with E-state index in [4.69, 9.17) is 22.1 Å². The summed E-state index contributed by atoms with van der Waals surface area (Å²) < 4.78 is 5.06. The molecular weight excluding hydrogens is 226 g/mol. The molecule has 3 nitrogen and oxygen atoms in total. The maximum Gasteiger partial charge on any atom is 0.167 e. The number of ketones is 1. The van der Waals surface area contributed by atoms with E-state index in [1.165, 1.54) is 7.11 Å². The number of rotatable bonds is 4. The first kappa shape index (κ1) is 13.0. The quantitative estimate of drug-likeness (QED) is 0.825. The van der Waals surface area contributed by atoms with Crippen molar-refractivity contribution in [3.63, 3.8) is 0 Å². The summed E-state index contributed by atoms with van der Waals surface area (Å²) in [4.78, 5) is 12.0. The van der Waals surface area contributed by atoms with Gasteiger partial charge in [-0.15, -0.1) is 0 Å². The molecule has 0 saturated heterocycles. The second-order valence-electron chi connectivity index (χ2n) is 3.86. The highest BCUT2D eigenvalue weighted by molar-refractivity contribution is 6.32. The number of halogens is 1. The maximum absolute atomic E-state index is 12.0. The van der Waals surface area contributed by atoms with Crippen molar-refractivity contribution in [3.05, 3.63) is 28.8 Å². The highest BCUT2D eigenvalue weighted by atomic mass is 35.5. The van der Waals surface area contributed by atoms with Gasteiger partial charge in [0.15, 0.2) is 5.78 Å². The standard InChI is InChI=1S/C12H16ClNO2/c1-7(8(2)14)12(15)9-4-5-10(13)11(6-9)16-3/h4-8H,14H2,1-3H3. The Kier molecular flexibility index (Phi) is 4.33. The number of hydrogen-bond acceptors (Lipinski definition) is 3. The summed E-state index contributed by atoms with van der Waals surface area (Å²) in [6.07, 6.45) is 0. The van der Waals surface area contributed by atoms with Gasteiger partial charge in [-0.1, -0.05) is 18.5 Å². The number of hydrogen-bond donors (Lipinski definition) is 1. The van der Waals surface area contributed by atoms with Gasteiger partial charge in [0.05, 0.1) is 12.1 Å². The van der Waals surface area contributed by atoms with Crippen LogP contribution in [-0.2, 0) is 0 Å². The first-order valence-electron chi connectivity index (χ1n) is 5.10. The summed E-state index contributed by atoms with van der Waals surface area (Å²) in [6.45, 7) is 3.63. The van der Waals surface area contributed by atoms with Crippen LogP contribution in [0.4, 0.5) is 0 Å². The number of nitrogens with two attached hydrogens (primary N) is 1. The molecule has 2 atom stereocenters. The Bertz CT molecular complexity index is 391. The molecule has 0 fully saturated rings. The van der Waals surface area contributed by atoms with Crippen molar-refractivity contribution in [2.24, 2.45) is 11.7 Å². The monoisotopic (exact) mass is 241 g/mol. The zero-order valence-corrected chi connectivity index (χ0v) is 10.4. The summed E-state index contributed by atoms with van der Waals surface area (Å²) in [5.74, 6) is 0.292. The Morgan fingerprint density at radius 3 is 2.56 bits per heavy atom. The van der Waals surface area contributed by atoms with Crippen molar-refractivity contribution >= 4 is 17.4 Å². The number of carbonyl (C=O) groups is 1. The minimum Gasteiger partial charge on any atom is -0.495 e. The number of ether oxygens (including phenoxy) is 1. The molecule has 1 aromatic carbocycles. The molecule has 88 valence electrons. The summed E-state index contributed by atoms with van der Waals surface area (Å²) in [6, 6.07) is 4.81. The molecule has 2 unspecified atom stereocenters. The summed E-state index contributed by atoms with van der Waals surface area (Å²) in [5.41, 5.74) is 6.27. The van der Waals surface area contributed by atoms with Crippen LogP contribution in [0.5, 0.6) is 5.75 Å². The lowest BCUT2D eigenvalue weighted by molar-refractivity contribution is 0.0917. The molecule has 1 aromatic rings. The van der Waals surface area contributed by atoms with Gasteiger partial charge < -0.3 is 10.5 Å². The van der Waals surface area contributed by atoms with E-state index in [9.17, 15) is 4.79 Å². The van der Waals surface area contributed by atoms with Crippen LogP contribution >= 0.6 is 11.6 Å². The number of carbonyl (C=O) groups excluding carboxylic acids is 1. The molecule has 0 spiro atoms. The molecule has 0 amide bonds. The molecule has 0 aliphatic rings. The highest BCUT2D eigenvalue weighted by Crippen LogP contribution is 2.26. The van der Waals surface area contributed by atoms with Gasteiger partial charge >= 0.3 is 0 Å². The van der Waals surface area contributed by atoms with Crippen molar-refractivity contribution in [1.29, 1.82) is 0 Å². The molecule has 4 heteroatoms. The van der Waals surface area contributed by atoms with Crippen LogP contribution in [-0.4, -0.2) is 18.9 Å². The minimum absolute atomic E-state index is 0.00460. The van der Waals surface area contributed by atoms with E-state index in [1.807, 2.05) is 13.8 Å². The third kappa shape index (κ3) is 2.74. The van der Waals surface area contributed by atoms with Gasteiger partial charge in [-0.05, 0) is 25.1 Å². The van der Waals surface area contributed by atoms with Gasteiger partial charge in [0.2, 0.25) is 0 Å². The summed E-state index contributed by atoms with van der Waals surface area (Å²) in [7, 11) is 1.52. The molecule has 0 bridgehead atoms. The van der Waals surface area contributed by atoms with Crippen LogP contribution in [0.15, 0.2) is 18.2 Å². The number of methoxy groups -OCH3 is 1. The molecule has 1 rings (SSSR count). The zero-order chi connectivity index (χ0) is 12.3. The van der Waals surface area contributed by atoms with Crippen molar-refractivity contribution in [1.82, 2.24) is 0 Å². The third-order valence-electron chi connectivity index (χ3n) is 2.64. The average molecular weight is 242 g/mol. The zero-order valence-electron chi connectivity index (χ0n) is 9.66. The van der Waals surface area contributed by atoms with Crippen LogP contribution in [0, 0.1) is 5.92 Å². The van der Waals surface area contributed by atoms with E-state index in [-0.39, 0.29) is 17.7 Å². The first-order chi connectivity index (χ1) is 7.47. The predicted octanol–water partition coefficient (Wildman–Crippen LogP) is 2.51. The van der Waals surface area contributed by atoms with Gasteiger partial charge in [0.25, 0.3) is 0 Å². The number of Topliss-reactive ketones (excluding diaryl/α,β-unsaturated/α-hetero) is 1. The van der Waals surface area contributed by atoms with Crippen LogP contribution in [0.3, 0.4) is 0 Å². The van der Waals surface area contributed by atoms with Gasteiger partial charge in [0, 0.05) is 17.5 Å². The van der Waals surface area contributed by atoms with E-state index in [1.54, 1.807) is 18.2 Å². The molecule has 0 heterocycles. The van der Waals surface area contributed by atoms with Crippen molar-refractivity contribution in [2.75, 3.05) is 7.11 Å². The van der Waals surface area contributed by atoms with Crippen LogP contribution in [0.25, 0.3) is 0 Å². The Morgan fingerprint density at radius 1 is 1.44 bits per heavy atom. The number of benzene rings is 1. The Morgan fingerprint density at radius 2 is 2.06 bits per heavy atom. The first-order valence-corrected chi connectivity index (χ1v) is 5.48. The smallest absolute Gasteiger partial charge is 0.167 e. The normalized spacial score (nSPS) is 14.3. The van der Waals surface area contributed by atoms with E-state index >= 15 is 0 Å². The largest absolute Gasteiger partial charge is 0.495 e. The van der Waals surface area contributed by atoms with Crippen LogP contribution in [0.1, 0.15) is 24.2 Å². The highest BCUT2D eigenvalue weighted by Gasteiger charge is 2.19. The van der Waals surface area contributed by atoms with Crippen molar-refractivity contribution < 1.29 is 9.53 Å². The van der Waals surface area contributed by atoms with Crippen LogP contribution in [0.2, 0.25) is 5.02 Å². The topological polar surface area (TPSA) is 52.3 Å². The van der Waals surface area contributed by atoms with Crippen LogP contribution < -0.4 is 10.5 Å². The fourth-order valence-electron chi connectivity index (χ4n) is 1.31. The fraction of sp³-hybridized carbons (Fsp3) is 0.417. The second kappa shape index (κ2) is 5.32. The lowest BCUT2D eigenvalue weighted by atomic mass is 9.94. The lowest BCUT2D eigenvalue weighted by Gasteiger charge is -2.14.